The molecule has 0 saturated carbocycles. The highest BCUT2D eigenvalue weighted by molar-refractivity contribution is 5.86. The molecule has 0 aliphatic carbocycles. The minimum atomic E-state index is -1.21. The van der Waals surface area contributed by atoms with Crippen LogP contribution in [0.1, 0.15) is 38.3 Å². The van der Waals surface area contributed by atoms with Crippen molar-refractivity contribution in [2.24, 2.45) is 11.3 Å². The standard InChI is InChI=1S/C37H48N6O9/c1-37(2,3)32(41-35(46)49-5)33(45)42-43(19-24-6-10-25(11-7-24)26-17-38-22-39-18-26)20-30(44)29(16-23-8-12-27(48-4)13-9-23)40-36(47)52-31-21-51-34-28(31)14-15-50-34/h6-13,17-18,22,28-32,34,44H,14-16,19-21H2,1-5H3,(H,40,47)(H,41,46)(H,42,45)/t28-,29-,30-,31-,32+,34+/m0/s1. The van der Waals surface area contributed by atoms with Crippen molar-refractivity contribution < 1.29 is 43.2 Å². The Kier molecular flexibility index (Phi) is 13.0. The highest BCUT2D eigenvalue weighted by Gasteiger charge is 2.44. The van der Waals surface area contributed by atoms with Crippen LogP contribution < -0.4 is 20.8 Å². The molecule has 4 N–H and O–H groups in total. The predicted molar refractivity (Wildman–Crippen MR) is 189 cm³/mol. The van der Waals surface area contributed by atoms with Crippen molar-refractivity contribution >= 4 is 18.1 Å². The van der Waals surface area contributed by atoms with E-state index in [9.17, 15) is 19.5 Å². The van der Waals surface area contributed by atoms with E-state index in [-0.39, 0.29) is 32.0 Å². The van der Waals surface area contributed by atoms with Gasteiger partial charge in [0.05, 0.1) is 45.5 Å². The number of nitrogens with zero attached hydrogens (tertiary/aromatic N) is 3. The van der Waals surface area contributed by atoms with E-state index in [1.165, 1.54) is 13.4 Å². The van der Waals surface area contributed by atoms with Gasteiger partial charge in [-0.25, -0.2) is 24.6 Å². The van der Waals surface area contributed by atoms with Gasteiger partial charge in [-0.1, -0.05) is 57.2 Å². The molecule has 15 heteroatoms. The van der Waals surface area contributed by atoms with E-state index < -0.39 is 54.1 Å². The summed E-state index contributed by atoms with van der Waals surface area (Å²) in [6.07, 6.45) is 2.30. The number of carbonyl (C=O) groups excluding carboxylic acids is 3. The Morgan fingerprint density at radius 3 is 2.29 bits per heavy atom. The maximum atomic E-state index is 13.8. The van der Waals surface area contributed by atoms with Gasteiger partial charge < -0.3 is 39.4 Å². The maximum absolute atomic E-state index is 13.8. The SMILES string of the molecule is COC(=O)N[C@H](C(=O)NN(Cc1ccc(-c2cncnc2)cc1)C[C@H](O)[C@H](Cc1ccc(OC)cc1)NC(=O)O[C@H]1CO[C@H]2OCC[C@H]21)C(C)(C)C. The number of nitrogens with one attached hydrogen (secondary N) is 3. The number of fused-ring (bicyclic) bond motifs is 1. The number of amides is 3. The minimum Gasteiger partial charge on any atom is -0.497 e. The van der Waals surface area contributed by atoms with Crippen molar-refractivity contribution in [1.29, 1.82) is 0 Å². The fourth-order valence-electron chi connectivity index (χ4n) is 6.22. The fourth-order valence-corrected chi connectivity index (χ4v) is 6.22. The van der Waals surface area contributed by atoms with Crippen molar-refractivity contribution in [2.45, 2.75) is 70.7 Å². The van der Waals surface area contributed by atoms with Crippen molar-refractivity contribution in [2.75, 3.05) is 34.0 Å². The molecule has 280 valence electrons. The second-order valence-corrected chi connectivity index (χ2v) is 14.0. The third-order valence-electron chi connectivity index (χ3n) is 9.10. The summed E-state index contributed by atoms with van der Waals surface area (Å²) < 4.78 is 27.1. The van der Waals surface area contributed by atoms with E-state index in [0.29, 0.717) is 12.4 Å². The third kappa shape index (κ3) is 10.4. The van der Waals surface area contributed by atoms with E-state index in [1.807, 2.05) is 57.2 Å². The molecule has 2 fully saturated rings. The molecule has 3 heterocycles. The first-order chi connectivity index (χ1) is 24.9. The molecule has 2 aliphatic heterocycles. The first kappa shape index (κ1) is 38.4. The van der Waals surface area contributed by atoms with Crippen LogP contribution in [0.15, 0.2) is 67.3 Å². The molecule has 2 aromatic carbocycles. The Labute approximate surface area is 303 Å². The molecule has 2 aliphatic rings. The molecule has 15 nitrogen and oxygen atoms in total. The summed E-state index contributed by atoms with van der Waals surface area (Å²) in [4.78, 5) is 47.5. The highest BCUT2D eigenvalue weighted by atomic mass is 16.7. The smallest absolute Gasteiger partial charge is 0.407 e. The summed E-state index contributed by atoms with van der Waals surface area (Å²) in [7, 11) is 2.80. The van der Waals surface area contributed by atoms with E-state index in [4.69, 9.17) is 23.7 Å². The first-order valence-corrected chi connectivity index (χ1v) is 17.2. The maximum Gasteiger partial charge on any atom is 0.407 e. The van der Waals surface area contributed by atoms with Crippen LogP contribution in [0, 0.1) is 11.3 Å². The van der Waals surface area contributed by atoms with Gasteiger partial charge in [-0.15, -0.1) is 0 Å². The van der Waals surface area contributed by atoms with Gasteiger partial charge in [-0.2, -0.15) is 0 Å². The molecular weight excluding hydrogens is 672 g/mol. The number of aromatic nitrogens is 2. The van der Waals surface area contributed by atoms with Crippen LogP contribution >= 0.6 is 0 Å². The predicted octanol–water partition coefficient (Wildman–Crippen LogP) is 3.22. The van der Waals surface area contributed by atoms with Crippen LogP contribution in [0.25, 0.3) is 11.1 Å². The molecule has 0 bridgehead atoms. The monoisotopic (exact) mass is 720 g/mol. The number of carbonyl (C=O) groups is 3. The van der Waals surface area contributed by atoms with E-state index in [2.05, 4.69) is 26.0 Å². The topological polar surface area (TPSA) is 183 Å². The lowest BCUT2D eigenvalue weighted by Crippen LogP contribution is -2.59. The number of hydrogen-bond acceptors (Lipinski definition) is 12. The number of aliphatic hydroxyl groups is 1. The molecule has 2 saturated heterocycles. The van der Waals surface area contributed by atoms with Crippen LogP contribution in [0.5, 0.6) is 5.75 Å². The quantitative estimate of drug-likeness (QED) is 0.179. The Bertz CT molecular complexity index is 1620. The highest BCUT2D eigenvalue weighted by Crippen LogP contribution is 2.33. The number of benzene rings is 2. The summed E-state index contributed by atoms with van der Waals surface area (Å²) in [5.41, 5.74) is 5.59. The number of alkyl carbamates (subject to hydrolysis) is 2. The number of rotatable bonds is 14. The lowest BCUT2D eigenvalue weighted by molar-refractivity contribution is -0.131. The molecule has 6 atom stereocenters. The second kappa shape index (κ2) is 17.6. The number of aliphatic hydroxyl groups excluding tert-OH is 1. The second-order valence-electron chi connectivity index (χ2n) is 14.0. The van der Waals surface area contributed by atoms with Gasteiger partial charge >= 0.3 is 12.2 Å². The molecule has 52 heavy (non-hydrogen) atoms. The van der Waals surface area contributed by atoms with Crippen LogP contribution in [0.2, 0.25) is 0 Å². The summed E-state index contributed by atoms with van der Waals surface area (Å²) in [5.74, 6) is 0.0878. The van der Waals surface area contributed by atoms with Gasteiger partial charge in [0.2, 0.25) is 0 Å². The summed E-state index contributed by atoms with van der Waals surface area (Å²) in [5, 5.41) is 18.9. The summed E-state index contributed by atoms with van der Waals surface area (Å²) >= 11 is 0. The van der Waals surface area contributed by atoms with Gasteiger partial charge in [-0.05, 0) is 47.1 Å². The zero-order valence-corrected chi connectivity index (χ0v) is 30.1. The Morgan fingerprint density at radius 2 is 1.63 bits per heavy atom. The summed E-state index contributed by atoms with van der Waals surface area (Å²) in [6.45, 7) is 6.26. The van der Waals surface area contributed by atoms with Crippen molar-refractivity contribution in [1.82, 2.24) is 31.0 Å². The Balaban J connectivity index is 1.37. The number of hydrogen-bond donors (Lipinski definition) is 4. The van der Waals surface area contributed by atoms with Gasteiger partial charge in [-0.3, -0.25) is 10.2 Å². The lowest BCUT2D eigenvalue weighted by atomic mass is 9.86. The van der Waals surface area contributed by atoms with Crippen LogP contribution in [0.3, 0.4) is 0 Å². The van der Waals surface area contributed by atoms with Crippen molar-refractivity contribution in [3.63, 3.8) is 0 Å². The molecule has 0 spiro atoms. The summed E-state index contributed by atoms with van der Waals surface area (Å²) in [6, 6.07) is 13.1. The van der Waals surface area contributed by atoms with Crippen LogP contribution in [0.4, 0.5) is 9.59 Å². The van der Waals surface area contributed by atoms with Gasteiger partial charge in [0.1, 0.15) is 24.2 Å². The number of ether oxygens (including phenoxy) is 5. The average Bonchev–Trinajstić information content (AvgIpc) is 3.76. The van der Waals surface area contributed by atoms with Gasteiger partial charge in [0.15, 0.2) is 6.29 Å². The minimum absolute atomic E-state index is 0.0587. The van der Waals surface area contributed by atoms with E-state index >= 15 is 0 Å². The Hall–Kier alpha value is -4.83. The molecule has 3 amide bonds. The normalized spacial score (nSPS) is 19.9. The first-order valence-electron chi connectivity index (χ1n) is 17.2. The fraction of sp³-hybridized carbons (Fsp3) is 0.486. The third-order valence-corrected chi connectivity index (χ3v) is 9.10. The van der Waals surface area contributed by atoms with Gasteiger partial charge in [0, 0.05) is 31.0 Å². The number of methoxy groups -OCH3 is 2. The van der Waals surface area contributed by atoms with Crippen LogP contribution in [-0.2, 0) is 36.7 Å². The molecule has 0 unspecified atom stereocenters. The molecular formula is C37H48N6O9. The Morgan fingerprint density at radius 1 is 0.942 bits per heavy atom. The van der Waals surface area contributed by atoms with E-state index in [1.54, 1.807) is 36.6 Å². The zero-order chi connectivity index (χ0) is 37.3. The van der Waals surface area contributed by atoms with Crippen LogP contribution in [-0.4, -0.2) is 103 Å². The van der Waals surface area contributed by atoms with Gasteiger partial charge in [0.25, 0.3) is 5.91 Å². The zero-order valence-electron chi connectivity index (χ0n) is 30.1. The molecule has 0 radical (unpaired) electrons. The van der Waals surface area contributed by atoms with E-state index in [0.717, 1.165) is 28.7 Å². The molecule has 1 aromatic heterocycles. The lowest BCUT2D eigenvalue weighted by Gasteiger charge is -2.34. The largest absolute Gasteiger partial charge is 0.497 e. The number of hydrazine groups is 1. The molecule has 3 aromatic rings. The van der Waals surface area contributed by atoms with Crippen molar-refractivity contribution in [3.05, 3.63) is 78.4 Å². The van der Waals surface area contributed by atoms with Crippen molar-refractivity contribution in [3.8, 4) is 16.9 Å². The average molecular weight is 721 g/mol. The molecule has 5 rings (SSSR count).